The normalized spacial score (nSPS) is 17.7. The van der Waals surface area contributed by atoms with Crippen LogP contribution in [0, 0.1) is 0 Å². The van der Waals surface area contributed by atoms with E-state index in [-0.39, 0.29) is 11.9 Å². The first-order chi connectivity index (χ1) is 7.25. The lowest BCUT2D eigenvalue weighted by Gasteiger charge is -2.20. The molecule has 0 spiro atoms. The van der Waals surface area contributed by atoms with Gasteiger partial charge < -0.3 is 4.74 Å². The molecule has 1 aromatic rings. The molecular weight excluding hydrogens is 196 g/mol. The molecule has 0 unspecified atom stereocenters. The number of hydrogen-bond acceptors (Lipinski definition) is 4. The Balaban J connectivity index is 1.87. The van der Waals surface area contributed by atoms with Gasteiger partial charge in [0.05, 0.1) is 0 Å². The number of aromatic amines is 1. The summed E-state index contributed by atoms with van der Waals surface area (Å²) in [6, 6.07) is 1.57. The minimum atomic E-state index is -0.396. The zero-order chi connectivity index (χ0) is 10.7. The fourth-order valence-corrected chi connectivity index (χ4v) is 1.62. The number of esters is 1. The molecular formula is C10H12N2O3. The number of Topliss-reactive ketones (excluding diaryl/α,β-unsaturated/α-hetero) is 1. The fourth-order valence-electron chi connectivity index (χ4n) is 1.62. The number of nitrogens with zero attached hydrogens (tertiary/aromatic N) is 1. The third-order valence-electron chi connectivity index (χ3n) is 2.48. The van der Waals surface area contributed by atoms with E-state index in [1.54, 1.807) is 6.07 Å². The lowest BCUT2D eigenvalue weighted by Crippen LogP contribution is -2.24. The van der Waals surface area contributed by atoms with Gasteiger partial charge in [0.2, 0.25) is 0 Å². The molecule has 1 aliphatic rings. The molecule has 0 aliphatic heterocycles. The van der Waals surface area contributed by atoms with Gasteiger partial charge in [0.15, 0.2) is 0 Å². The molecule has 80 valence electrons. The van der Waals surface area contributed by atoms with Crippen molar-refractivity contribution in [2.45, 2.75) is 31.8 Å². The molecule has 1 N–H and O–H groups in total. The van der Waals surface area contributed by atoms with Crippen molar-refractivity contribution in [2.24, 2.45) is 0 Å². The number of hydrogen-bond donors (Lipinski definition) is 1. The van der Waals surface area contributed by atoms with Gasteiger partial charge in [-0.25, -0.2) is 4.79 Å². The molecule has 0 aromatic carbocycles. The zero-order valence-corrected chi connectivity index (χ0v) is 8.23. The van der Waals surface area contributed by atoms with Gasteiger partial charge in [-0.05, 0) is 18.9 Å². The van der Waals surface area contributed by atoms with Crippen LogP contribution in [0.2, 0.25) is 0 Å². The molecule has 1 aliphatic carbocycles. The van der Waals surface area contributed by atoms with Crippen molar-refractivity contribution in [3.63, 3.8) is 0 Å². The minimum absolute atomic E-state index is 0.126. The number of ketones is 1. The molecule has 0 amide bonds. The largest absolute Gasteiger partial charge is 0.458 e. The van der Waals surface area contributed by atoms with Crippen LogP contribution in [0.1, 0.15) is 36.2 Å². The van der Waals surface area contributed by atoms with E-state index in [0.29, 0.717) is 31.4 Å². The maximum atomic E-state index is 11.5. The predicted molar refractivity (Wildman–Crippen MR) is 51.3 cm³/mol. The Morgan fingerprint density at radius 3 is 2.80 bits per heavy atom. The molecule has 0 atom stereocenters. The summed E-state index contributed by atoms with van der Waals surface area (Å²) in [6.07, 6.45) is 3.68. The second kappa shape index (κ2) is 4.25. The van der Waals surface area contributed by atoms with Crippen LogP contribution in [-0.2, 0) is 9.53 Å². The third kappa shape index (κ3) is 2.43. The van der Waals surface area contributed by atoms with Gasteiger partial charge in [0, 0.05) is 19.0 Å². The van der Waals surface area contributed by atoms with Crippen molar-refractivity contribution in [1.29, 1.82) is 0 Å². The smallest absolute Gasteiger partial charge is 0.356 e. The van der Waals surface area contributed by atoms with Gasteiger partial charge in [-0.2, -0.15) is 5.10 Å². The summed E-state index contributed by atoms with van der Waals surface area (Å²) in [5.41, 5.74) is 0.354. The Morgan fingerprint density at radius 1 is 1.47 bits per heavy atom. The van der Waals surface area contributed by atoms with Crippen LogP contribution in [0.4, 0.5) is 0 Å². The summed E-state index contributed by atoms with van der Waals surface area (Å²) < 4.78 is 5.22. The van der Waals surface area contributed by atoms with Crippen molar-refractivity contribution in [3.8, 4) is 0 Å². The van der Waals surface area contributed by atoms with Crippen LogP contribution in [0.5, 0.6) is 0 Å². The standard InChI is InChI=1S/C10H12N2O3/c13-7-1-3-8(4-2-7)15-10(14)9-5-6-11-12-9/h5-6,8H,1-4H2,(H,11,12). The van der Waals surface area contributed by atoms with E-state index in [2.05, 4.69) is 10.2 Å². The molecule has 1 aromatic heterocycles. The van der Waals surface area contributed by atoms with Crippen LogP contribution < -0.4 is 0 Å². The quantitative estimate of drug-likeness (QED) is 0.738. The van der Waals surface area contributed by atoms with Crippen LogP contribution >= 0.6 is 0 Å². The summed E-state index contributed by atoms with van der Waals surface area (Å²) in [5, 5.41) is 6.21. The van der Waals surface area contributed by atoms with Crippen LogP contribution in [0.25, 0.3) is 0 Å². The maximum absolute atomic E-state index is 11.5. The second-order valence-corrected chi connectivity index (χ2v) is 3.61. The molecule has 0 saturated heterocycles. The minimum Gasteiger partial charge on any atom is -0.458 e. The van der Waals surface area contributed by atoms with Gasteiger partial charge in [-0.3, -0.25) is 9.89 Å². The highest BCUT2D eigenvalue weighted by Crippen LogP contribution is 2.18. The Labute approximate surface area is 86.8 Å². The average Bonchev–Trinajstić information content (AvgIpc) is 2.74. The Kier molecular flexibility index (Phi) is 2.80. The molecule has 1 saturated carbocycles. The van der Waals surface area contributed by atoms with Crippen molar-refractivity contribution in [3.05, 3.63) is 18.0 Å². The summed E-state index contributed by atoms with van der Waals surface area (Å²) in [7, 11) is 0. The summed E-state index contributed by atoms with van der Waals surface area (Å²) in [6.45, 7) is 0. The highest BCUT2D eigenvalue weighted by molar-refractivity contribution is 5.87. The zero-order valence-electron chi connectivity index (χ0n) is 8.23. The number of ether oxygens (including phenoxy) is 1. The van der Waals surface area contributed by atoms with E-state index in [1.807, 2.05) is 0 Å². The summed E-state index contributed by atoms with van der Waals surface area (Å²) in [4.78, 5) is 22.4. The molecule has 15 heavy (non-hydrogen) atoms. The fraction of sp³-hybridized carbons (Fsp3) is 0.500. The predicted octanol–water partition coefficient (Wildman–Crippen LogP) is 1.08. The second-order valence-electron chi connectivity index (χ2n) is 3.61. The first-order valence-electron chi connectivity index (χ1n) is 4.98. The van der Waals surface area contributed by atoms with Crippen molar-refractivity contribution < 1.29 is 14.3 Å². The van der Waals surface area contributed by atoms with E-state index >= 15 is 0 Å². The van der Waals surface area contributed by atoms with Gasteiger partial charge in [0.1, 0.15) is 17.6 Å². The van der Waals surface area contributed by atoms with Gasteiger partial charge in [-0.1, -0.05) is 0 Å². The SMILES string of the molecule is O=C1CCC(OC(=O)c2ccn[nH]2)CC1. The average molecular weight is 208 g/mol. The summed E-state index contributed by atoms with van der Waals surface area (Å²) >= 11 is 0. The molecule has 0 radical (unpaired) electrons. The number of H-pyrrole nitrogens is 1. The van der Waals surface area contributed by atoms with Crippen LogP contribution in [0.15, 0.2) is 12.3 Å². The Bertz CT molecular complexity index is 349. The number of rotatable bonds is 2. The van der Waals surface area contributed by atoms with E-state index in [4.69, 9.17) is 4.74 Å². The van der Waals surface area contributed by atoms with Gasteiger partial charge >= 0.3 is 5.97 Å². The molecule has 5 nitrogen and oxygen atoms in total. The molecule has 1 heterocycles. The molecule has 1 fully saturated rings. The third-order valence-corrected chi connectivity index (χ3v) is 2.48. The highest BCUT2D eigenvalue weighted by atomic mass is 16.5. The number of nitrogens with one attached hydrogen (secondary N) is 1. The maximum Gasteiger partial charge on any atom is 0.356 e. The van der Waals surface area contributed by atoms with Crippen molar-refractivity contribution in [2.75, 3.05) is 0 Å². The van der Waals surface area contributed by atoms with Crippen LogP contribution in [0.3, 0.4) is 0 Å². The summed E-state index contributed by atoms with van der Waals surface area (Å²) in [5.74, 6) is -0.143. The van der Waals surface area contributed by atoms with Gasteiger partial charge in [-0.15, -0.1) is 0 Å². The Hall–Kier alpha value is -1.65. The van der Waals surface area contributed by atoms with E-state index < -0.39 is 5.97 Å². The highest BCUT2D eigenvalue weighted by Gasteiger charge is 2.22. The molecule has 5 heteroatoms. The first-order valence-corrected chi connectivity index (χ1v) is 4.98. The Morgan fingerprint density at radius 2 is 2.20 bits per heavy atom. The van der Waals surface area contributed by atoms with E-state index in [0.717, 1.165) is 0 Å². The van der Waals surface area contributed by atoms with E-state index in [1.165, 1.54) is 6.20 Å². The number of aromatic nitrogens is 2. The topological polar surface area (TPSA) is 72.1 Å². The lowest BCUT2D eigenvalue weighted by atomic mass is 9.96. The van der Waals surface area contributed by atoms with Crippen molar-refractivity contribution >= 4 is 11.8 Å². The van der Waals surface area contributed by atoms with Crippen molar-refractivity contribution in [1.82, 2.24) is 10.2 Å². The van der Waals surface area contributed by atoms with E-state index in [9.17, 15) is 9.59 Å². The number of carbonyl (C=O) groups excluding carboxylic acids is 2. The number of carbonyl (C=O) groups is 2. The van der Waals surface area contributed by atoms with Crippen LogP contribution in [-0.4, -0.2) is 28.1 Å². The monoisotopic (exact) mass is 208 g/mol. The molecule has 2 rings (SSSR count). The molecule has 0 bridgehead atoms. The first kappa shape index (κ1) is 9.89. The lowest BCUT2D eigenvalue weighted by molar-refractivity contribution is -0.122. The van der Waals surface area contributed by atoms with Gasteiger partial charge in [0.25, 0.3) is 0 Å².